The van der Waals surface area contributed by atoms with Gasteiger partial charge < -0.3 is 9.64 Å². The summed E-state index contributed by atoms with van der Waals surface area (Å²) in [5, 5.41) is 23.0. The van der Waals surface area contributed by atoms with Crippen LogP contribution in [0, 0.1) is 0 Å². The third-order valence-corrected chi connectivity index (χ3v) is 6.45. The number of hydrogen-bond donors (Lipinski definition) is 0. The quantitative estimate of drug-likeness (QED) is 0.436. The summed E-state index contributed by atoms with van der Waals surface area (Å²) in [7, 11) is 0. The van der Waals surface area contributed by atoms with Gasteiger partial charge in [0.25, 0.3) is 0 Å². The number of rotatable bonds is 6. The maximum atomic E-state index is 5.90. The van der Waals surface area contributed by atoms with Gasteiger partial charge in [0.2, 0.25) is 0 Å². The molecule has 0 radical (unpaired) electrons. The molecule has 1 aliphatic rings. The van der Waals surface area contributed by atoms with Gasteiger partial charge in [0, 0.05) is 24.4 Å². The summed E-state index contributed by atoms with van der Waals surface area (Å²) in [4.78, 5) is 7.06. The zero-order chi connectivity index (χ0) is 21.0. The molecule has 0 bridgehead atoms. The molecule has 1 aliphatic heterocycles. The molecule has 0 saturated carbocycles. The van der Waals surface area contributed by atoms with Gasteiger partial charge in [-0.3, -0.25) is 0 Å². The molecule has 0 spiro atoms. The van der Waals surface area contributed by atoms with Gasteiger partial charge in [0.05, 0.1) is 16.4 Å². The van der Waals surface area contributed by atoms with E-state index >= 15 is 0 Å². The first-order chi connectivity index (χ1) is 15.2. The smallest absolute Gasteiger partial charge is 0.151 e. The predicted molar refractivity (Wildman–Crippen MR) is 117 cm³/mol. The fraction of sp³-hybridized carbons (Fsp3) is 0.300. The van der Waals surface area contributed by atoms with Gasteiger partial charge in [0.15, 0.2) is 11.0 Å². The van der Waals surface area contributed by atoms with Crippen molar-refractivity contribution in [2.45, 2.75) is 25.4 Å². The van der Waals surface area contributed by atoms with E-state index in [-0.39, 0.29) is 0 Å². The fourth-order valence-corrected chi connectivity index (χ4v) is 4.62. The summed E-state index contributed by atoms with van der Waals surface area (Å²) >= 11 is 7.54. The number of tetrazole rings is 1. The van der Waals surface area contributed by atoms with Crippen molar-refractivity contribution < 1.29 is 4.74 Å². The molecular formula is C20H19ClN8OS. The van der Waals surface area contributed by atoms with Crippen molar-refractivity contribution in [1.29, 1.82) is 0 Å². The summed E-state index contributed by atoms with van der Waals surface area (Å²) < 4.78 is 7.50. The second-order valence-electron chi connectivity index (χ2n) is 7.19. The Hall–Kier alpha value is -3.11. The fourth-order valence-electron chi connectivity index (χ4n) is 3.54. The summed E-state index contributed by atoms with van der Waals surface area (Å²) in [6.07, 6.45) is 3.63. The zero-order valence-corrected chi connectivity index (χ0v) is 18.1. The Kier molecular flexibility index (Phi) is 5.72. The lowest BCUT2D eigenvalue weighted by Crippen LogP contribution is -2.33. The van der Waals surface area contributed by atoms with Crippen LogP contribution in [-0.4, -0.2) is 48.5 Å². The van der Waals surface area contributed by atoms with E-state index < -0.39 is 0 Å². The van der Waals surface area contributed by atoms with Gasteiger partial charge in [-0.05, 0) is 59.7 Å². The normalized spacial score (nSPS) is 14.7. The monoisotopic (exact) mass is 454 g/mol. The highest BCUT2D eigenvalue weighted by Crippen LogP contribution is 2.32. The van der Waals surface area contributed by atoms with E-state index in [2.05, 4.69) is 36.0 Å². The molecule has 9 nitrogen and oxygen atoms in total. The number of ether oxygens (including phenoxy) is 1. The van der Waals surface area contributed by atoms with Crippen LogP contribution in [0.2, 0.25) is 5.15 Å². The van der Waals surface area contributed by atoms with E-state index in [0.717, 1.165) is 48.9 Å². The molecule has 4 heterocycles. The molecule has 0 unspecified atom stereocenters. The highest BCUT2D eigenvalue weighted by Gasteiger charge is 2.24. The first kappa shape index (κ1) is 19.8. The average Bonchev–Trinajstić information content (AvgIpc) is 3.51. The van der Waals surface area contributed by atoms with Gasteiger partial charge in [0.1, 0.15) is 18.7 Å². The van der Waals surface area contributed by atoms with Crippen molar-refractivity contribution in [1.82, 2.24) is 35.4 Å². The molecule has 3 aromatic heterocycles. The Morgan fingerprint density at radius 3 is 2.61 bits per heavy atom. The number of thiazole rings is 1. The van der Waals surface area contributed by atoms with Crippen LogP contribution in [0.25, 0.3) is 5.69 Å². The van der Waals surface area contributed by atoms with Crippen LogP contribution in [0.5, 0.6) is 5.75 Å². The minimum absolute atomic E-state index is 0.416. The number of benzene rings is 1. The molecule has 0 amide bonds. The zero-order valence-electron chi connectivity index (χ0n) is 16.5. The van der Waals surface area contributed by atoms with Crippen LogP contribution in [-0.2, 0) is 6.61 Å². The molecule has 1 aromatic carbocycles. The summed E-state index contributed by atoms with van der Waals surface area (Å²) in [6, 6.07) is 11.3. The largest absolute Gasteiger partial charge is 0.487 e. The van der Waals surface area contributed by atoms with Crippen molar-refractivity contribution in [3.05, 3.63) is 64.0 Å². The minimum atomic E-state index is 0.416. The number of anilines is 1. The molecular weight excluding hydrogens is 436 g/mol. The maximum Gasteiger partial charge on any atom is 0.151 e. The van der Waals surface area contributed by atoms with E-state index in [1.165, 1.54) is 5.01 Å². The van der Waals surface area contributed by atoms with Gasteiger partial charge >= 0.3 is 0 Å². The molecule has 31 heavy (non-hydrogen) atoms. The molecule has 5 rings (SSSR count). The van der Waals surface area contributed by atoms with Crippen LogP contribution < -0.4 is 9.64 Å². The molecule has 0 N–H and O–H groups in total. The van der Waals surface area contributed by atoms with Crippen LogP contribution in [0.4, 0.5) is 5.82 Å². The van der Waals surface area contributed by atoms with Gasteiger partial charge in [-0.25, -0.2) is 9.67 Å². The van der Waals surface area contributed by atoms with Crippen molar-refractivity contribution in [3.63, 3.8) is 0 Å². The Morgan fingerprint density at radius 1 is 1.06 bits per heavy atom. The van der Waals surface area contributed by atoms with Gasteiger partial charge in [-0.15, -0.1) is 26.6 Å². The third-order valence-electron chi connectivity index (χ3n) is 5.19. The van der Waals surface area contributed by atoms with E-state index in [4.69, 9.17) is 21.3 Å². The van der Waals surface area contributed by atoms with Crippen LogP contribution in [0.1, 0.15) is 29.5 Å². The molecule has 0 atom stereocenters. The minimum Gasteiger partial charge on any atom is -0.487 e. The Balaban J connectivity index is 1.14. The third kappa shape index (κ3) is 4.64. The van der Waals surface area contributed by atoms with E-state index in [9.17, 15) is 0 Å². The Morgan fingerprint density at radius 2 is 1.90 bits per heavy atom. The van der Waals surface area contributed by atoms with Crippen LogP contribution in [0.15, 0.2) is 48.1 Å². The highest BCUT2D eigenvalue weighted by molar-refractivity contribution is 7.09. The van der Waals surface area contributed by atoms with E-state index in [1.807, 2.05) is 30.3 Å². The van der Waals surface area contributed by atoms with Gasteiger partial charge in [-0.1, -0.05) is 11.6 Å². The van der Waals surface area contributed by atoms with E-state index in [1.54, 1.807) is 28.4 Å². The van der Waals surface area contributed by atoms with Crippen molar-refractivity contribution in [2.75, 3.05) is 18.0 Å². The van der Waals surface area contributed by atoms with Crippen molar-refractivity contribution in [2.24, 2.45) is 0 Å². The highest BCUT2D eigenvalue weighted by atomic mass is 35.5. The molecule has 4 aromatic rings. The number of hydrogen-bond acceptors (Lipinski definition) is 9. The first-order valence-electron chi connectivity index (χ1n) is 9.89. The van der Waals surface area contributed by atoms with E-state index in [0.29, 0.717) is 17.7 Å². The average molecular weight is 455 g/mol. The second-order valence-corrected chi connectivity index (χ2v) is 8.47. The SMILES string of the molecule is Clc1ccc(N2CCC(c3nc(COc4ccc(-n5cnnn5)cc4)cs3)CC2)nn1. The lowest BCUT2D eigenvalue weighted by Gasteiger charge is -2.31. The standard InChI is InChI=1S/C20H19ClN8OS/c21-18-5-6-19(25-24-18)28-9-7-14(8-10-28)20-23-15(12-31-20)11-30-17-3-1-16(2-4-17)29-13-22-26-27-29/h1-6,12-14H,7-11H2. The lowest BCUT2D eigenvalue weighted by atomic mass is 9.97. The summed E-state index contributed by atoms with van der Waals surface area (Å²) in [6.45, 7) is 2.31. The number of halogens is 1. The first-order valence-corrected chi connectivity index (χ1v) is 11.1. The number of piperidine rings is 1. The van der Waals surface area contributed by atoms with Crippen LogP contribution in [0.3, 0.4) is 0 Å². The molecule has 11 heteroatoms. The molecule has 1 saturated heterocycles. The molecule has 1 fully saturated rings. The number of aromatic nitrogens is 7. The number of nitrogens with zero attached hydrogens (tertiary/aromatic N) is 8. The van der Waals surface area contributed by atoms with Gasteiger partial charge in [-0.2, -0.15) is 0 Å². The Labute approximate surface area is 187 Å². The molecule has 0 aliphatic carbocycles. The van der Waals surface area contributed by atoms with Crippen molar-refractivity contribution in [3.8, 4) is 11.4 Å². The summed E-state index contributed by atoms with van der Waals surface area (Å²) in [5.74, 6) is 2.12. The second kappa shape index (κ2) is 8.94. The Bertz CT molecular complexity index is 1110. The topological polar surface area (TPSA) is 94.7 Å². The maximum absolute atomic E-state index is 5.90. The molecule has 158 valence electrons. The summed E-state index contributed by atoms with van der Waals surface area (Å²) in [5.41, 5.74) is 1.83. The predicted octanol–water partition coefficient (Wildman–Crippen LogP) is 3.53. The lowest BCUT2D eigenvalue weighted by molar-refractivity contribution is 0.301. The van der Waals surface area contributed by atoms with Crippen LogP contribution >= 0.6 is 22.9 Å². The van der Waals surface area contributed by atoms with Crippen molar-refractivity contribution >= 4 is 28.8 Å².